The highest BCUT2D eigenvalue weighted by Crippen LogP contribution is 2.50. The normalized spacial score (nSPS) is 13.5. The Balaban J connectivity index is 1.26. The van der Waals surface area contributed by atoms with E-state index in [4.69, 9.17) is 0 Å². The van der Waals surface area contributed by atoms with Crippen LogP contribution in [0, 0.1) is 0 Å². The molecule has 0 nitrogen and oxygen atoms in total. The third-order valence-electron chi connectivity index (χ3n) is 10.8. The Morgan fingerprint density at radius 2 is 0.915 bits per heavy atom. The van der Waals surface area contributed by atoms with Crippen LogP contribution in [0.5, 0.6) is 0 Å². The molecule has 0 radical (unpaired) electrons. The van der Waals surface area contributed by atoms with Crippen LogP contribution < -0.4 is 0 Å². The van der Waals surface area contributed by atoms with Crippen LogP contribution in [0.15, 0.2) is 158 Å². The molecule has 1 aliphatic rings. The highest BCUT2D eigenvalue weighted by Gasteiger charge is 2.33. The largest absolute Gasteiger partial charge is 0.0622 e. The van der Waals surface area contributed by atoms with Gasteiger partial charge in [-0.1, -0.05) is 141 Å². The molecule has 0 spiro atoms. The summed E-state index contributed by atoms with van der Waals surface area (Å²) < 4.78 is 0. The van der Waals surface area contributed by atoms with E-state index in [-0.39, 0.29) is 5.41 Å². The van der Waals surface area contributed by atoms with Gasteiger partial charge in [0.05, 0.1) is 0 Å². The molecule has 0 heterocycles. The minimum absolute atomic E-state index is 0.0555. The van der Waals surface area contributed by atoms with E-state index in [9.17, 15) is 0 Å². The molecule has 1 aliphatic carbocycles. The van der Waals surface area contributed by atoms with E-state index in [0.717, 1.165) is 0 Å². The maximum Gasteiger partial charge on any atom is 0.0159 e. The van der Waals surface area contributed by atoms with Crippen molar-refractivity contribution in [3.8, 4) is 44.5 Å². The lowest BCUT2D eigenvalue weighted by atomic mass is 9.68. The molecule has 0 heteroatoms. The molecule has 0 saturated carbocycles. The van der Waals surface area contributed by atoms with Gasteiger partial charge < -0.3 is 0 Å². The fourth-order valence-electron chi connectivity index (χ4n) is 8.47. The first-order chi connectivity index (χ1) is 23.0. The van der Waals surface area contributed by atoms with E-state index in [1.54, 1.807) is 0 Å². The van der Waals surface area contributed by atoms with E-state index in [1.165, 1.54) is 98.7 Å². The summed E-state index contributed by atoms with van der Waals surface area (Å²) in [5.74, 6) is 0. The lowest BCUT2D eigenvalue weighted by molar-refractivity contribution is 0.645. The van der Waals surface area contributed by atoms with Crippen LogP contribution >= 0.6 is 0 Å². The molecule has 220 valence electrons. The minimum Gasteiger partial charge on any atom is -0.0622 e. The van der Waals surface area contributed by atoms with Crippen LogP contribution in [0.4, 0.5) is 0 Å². The lowest BCUT2D eigenvalue weighted by Crippen LogP contribution is -2.23. The van der Waals surface area contributed by atoms with Gasteiger partial charge in [-0.3, -0.25) is 0 Å². The first-order valence-electron chi connectivity index (χ1n) is 16.6. The summed E-state index contributed by atoms with van der Waals surface area (Å²) in [5.41, 5.74) is 12.9. The highest BCUT2D eigenvalue weighted by molar-refractivity contribution is 6.25. The van der Waals surface area contributed by atoms with Crippen molar-refractivity contribution in [2.45, 2.75) is 19.3 Å². The predicted molar refractivity (Wildman–Crippen MR) is 202 cm³/mol. The third-order valence-corrected chi connectivity index (χ3v) is 10.8. The minimum atomic E-state index is -0.0555. The highest BCUT2D eigenvalue weighted by atomic mass is 14.4. The second-order valence-corrected chi connectivity index (χ2v) is 13.7. The fourth-order valence-corrected chi connectivity index (χ4v) is 8.47. The zero-order valence-corrected chi connectivity index (χ0v) is 26.5. The van der Waals surface area contributed by atoms with Gasteiger partial charge in [0.1, 0.15) is 0 Å². The second-order valence-electron chi connectivity index (χ2n) is 13.7. The van der Waals surface area contributed by atoms with E-state index >= 15 is 0 Å². The van der Waals surface area contributed by atoms with Gasteiger partial charge in [0.2, 0.25) is 0 Å². The second kappa shape index (κ2) is 9.64. The van der Waals surface area contributed by atoms with E-state index < -0.39 is 0 Å². The maximum atomic E-state index is 2.44. The zero-order valence-electron chi connectivity index (χ0n) is 26.5. The van der Waals surface area contributed by atoms with Crippen molar-refractivity contribution in [1.82, 2.24) is 0 Å². The smallest absolute Gasteiger partial charge is 0.0159 e. The van der Waals surface area contributed by atoms with Gasteiger partial charge in [0, 0.05) is 5.41 Å². The average Bonchev–Trinajstić information content (AvgIpc) is 3.13. The average molecular weight is 597 g/mol. The van der Waals surface area contributed by atoms with Crippen molar-refractivity contribution in [3.05, 3.63) is 169 Å². The van der Waals surface area contributed by atoms with Gasteiger partial charge in [-0.2, -0.15) is 0 Å². The van der Waals surface area contributed by atoms with Crippen molar-refractivity contribution < 1.29 is 0 Å². The Hall–Kier alpha value is -5.72. The van der Waals surface area contributed by atoms with Gasteiger partial charge >= 0.3 is 0 Å². The molecule has 0 bridgehead atoms. The fraction of sp³-hybridized carbons (Fsp3) is 0.0638. The molecule has 0 amide bonds. The van der Waals surface area contributed by atoms with Gasteiger partial charge in [0.15, 0.2) is 0 Å². The molecule has 0 fully saturated rings. The van der Waals surface area contributed by atoms with Crippen molar-refractivity contribution in [2.24, 2.45) is 0 Å². The summed E-state index contributed by atoms with van der Waals surface area (Å²) >= 11 is 0. The molecule has 0 atom stereocenters. The molecule has 0 aromatic heterocycles. The van der Waals surface area contributed by atoms with Crippen molar-refractivity contribution in [3.63, 3.8) is 0 Å². The zero-order chi connectivity index (χ0) is 31.3. The van der Waals surface area contributed by atoms with Crippen molar-refractivity contribution in [2.75, 3.05) is 0 Å². The van der Waals surface area contributed by atoms with Gasteiger partial charge in [-0.05, 0) is 129 Å². The van der Waals surface area contributed by atoms with E-state index in [1.807, 2.05) is 0 Å². The first-order valence-corrected chi connectivity index (χ1v) is 16.6. The molecular weight excluding hydrogens is 565 g/mol. The number of hydrogen-bond acceptors (Lipinski definition) is 0. The van der Waals surface area contributed by atoms with Crippen LogP contribution in [-0.2, 0) is 5.41 Å². The van der Waals surface area contributed by atoms with Crippen molar-refractivity contribution >= 4 is 43.1 Å². The summed E-state index contributed by atoms with van der Waals surface area (Å²) in [7, 11) is 0. The Morgan fingerprint density at radius 3 is 1.74 bits per heavy atom. The van der Waals surface area contributed by atoms with Gasteiger partial charge in [0.25, 0.3) is 0 Å². The van der Waals surface area contributed by atoms with Crippen LogP contribution in [0.3, 0.4) is 0 Å². The first kappa shape index (κ1) is 26.5. The number of hydrogen-bond donors (Lipinski definition) is 0. The van der Waals surface area contributed by atoms with Crippen LogP contribution in [0.2, 0.25) is 0 Å². The Labute approximate surface area is 274 Å². The number of rotatable bonds is 3. The third kappa shape index (κ3) is 3.82. The topological polar surface area (TPSA) is 0 Å². The summed E-state index contributed by atoms with van der Waals surface area (Å²) in [6, 6.07) is 59.1. The van der Waals surface area contributed by atoms with E-state index in [2.05, 4.69) is 172 Å². The molecule has 0 N–H and O–H groups in total. The molecule has 0 aliphatic heterocycles. The lowest BCUT2D eigenvalue weighted by Gasteiger charge is -2.35. The maximum absolute atomic E-state index is 2.44. The molecule has 47 heavy (non-hydrogen) atoms. The Kier molecular flexibility index (Phi) is 5.44. The van der Waals surface area contributed by atoms with Crippen molar-refractivity contribution in [1.29, 1.82) is 0 Å². The molecule has 0 saturated heterocycles. The summed E-state index contributed by atoms with van der Waals surface area (Å²) in [5, 5.41) is 10.6. The van der Waals surface area contributed by atoms with Gasteiger partial charge in [-0.25, -0.2) is 0 Å². The van der Waals surface area contributed by atoms with Crippen LogP contribution in [0.25, 0.3) is 87.6 Å². The Morgan fingerprint density at radius 1 is 0.319 bits per heavy atom. The molecule has 9 aromatic carbocycles. The molecule has 0 unspecified atom stereocenters. The number of fused-ring (bicyclic) bond motifs is 2. The Bertz CT molecular complexity index is 2670. The van der Waals surface area contributed by atoms with Gasteiger partial charge in [-0.15, -0.1) is 0 Å². The SMILES string of the molecule is CC1(C)c2ccccc2-c2cc(-c3cc(-c4ccccc4)cc(-c4ccc5ccc6cccc7ccc4c5c67)c3)cc3cccc1c23. The number of benzene rings is 9. The summed E-state index contributed by atoms with van der Waals surface area (Å²) in [6.07, 6.45) is 0. The molecular formula is C47H32. The monoisotopic (exact) mass is 596 g/mol. The summed E-state index contributed by atoms with van der Waals surface area (Å²) in [4.78, 5) is 0. The predicted octanol–water partition coefficient (Wildman–Crippen LogP) is 13.0. The molecule has 9 aromatic rings. The summed E-state index contributed by atoms with van der Waals surface area (Å²) in [6.45, 7) is 4.73. The standard InChI is InChI=1S/C47H32/c1-47(2)42-16-7-6-15-39(42)41-28-36(24-33-14-9-17-43(47)45(33)41)35-25-34(29-10-4-3-5-11-29)26-37(27-35)38-22-20-32-19-18-30-12-8-13-31-21-23-40(38)46(32)44(30)31/h3-28H,1-2H3. The quantitative estimate of drug-likeness (QED) is 0.178. The molecule has 10 rings (SSSR count). The van der Waals surface area contributed by atoms with E-state index in [0.29, 0.717) is 0 Å². The van der Waals surface area contributed by atoms with Crippen LogP contribution in [-0.4, -0.2) is 0 Å². The van der Waals surface area contributed by atoms with Crippen LogP contribution in [0.1, 0.15) is 25.0 Å².